The number of ether oxygens (including phenoxy) is 3. The maximum absolute atomic E-state index is 13.2. The first-order valence-corrected chi connectivity index (χ1v) is 7.74. The van der Waals surface area contributed by atoms with E-state index in [1.54, 1.807) is 12.1 Å². The summed E-state index contributed by atoms with van der Waals surface area (Å²) in [5.74, 6) is -1.17. The molecule has 1 aromatic rings. The van der Waals surface area contributed by atoms with Crippen LogP contribution in [0.15, 0.2) is 24.3 Å². The van der Waals surface area contributed by atoms with Crippen LogP contribution >= 0.6 is 0 Å². The minimum Gasteiger partial charge on any atom is -0.328 e. The number of hydrogen-bond donors (Lipinski definition) is 0. The van der Waals surface area contributed by atoms with Crippen molar-refractivity contribution in [2.45, 2.75) is 46.5 Å². The van der Waals surface area contributed by atoms with Crippen molar-refractivity contribution < 1.29 is 18.6 Å². The second kappa shape index (κ2) is 9.13. The summed E-state index contributed by atoms with van der Waals surface area (Å²) in [5.41, 5.74) is 0.972. The molecule has 0 N–H and O–H groups in total. The normalized spacial score (nSPS) is 13.4. The molecule has 0 fully saturated rings. The molecule has 0 heterocycles. The minimum atomic E-state index is -1.01. The Balaban J connectivity index is 2.72. The Bertz CT molecular complexity index is 392. The molecular weight excluding hydrogens is 271 g/mol. The molecule has 0 bridgehead atoms. The standard InChI is InChI=1S/C17H27FO3/c1-5-19-17(20-6-2,21-7-3)14(4)11-12-15-9-8-10-16(18)13-15/h8-10,13-14H,5-7,11-12H2,1-4H3. The van der Waals surface area contributed by atoms with Gasteiger partial charge in [-0.25, -0.2) is 4.39 Å². The molecule has 0 saturated heterocycles. The molecule has 0 spiro atoms. The summed E-state index contributed by atoms with van der Waals surface area (Å²) in [4.78, 5) is 0. The molecule has 0 aliphatic heterocycles. The Morgan fingerprint density at radius 3 is 2.10 bits per heavy atom. The second-order valence-corrected chi connectivity index (χ2v) is 4.97. The maximum atomic E-state index is 13.2. The van der Waals surface area contributed by atoms with E-state index < -0.39 is 5.97 Å². The summed E-state index contributed by atoms with van der Waals surface area (Å²) < 4.78 is 30.5. The van der Waals surface area contributed by atoms with Gasteiger partial charge in [0.25, 0.3) is 5.97 Å². The summed E-state index contributed by atoms with van der Waals surface area (Å²) in [7, 11) is 0. The molecule has 0 saturated carbocycles. The van der Waals surface area contributed by atoms with E-state index in [4.69, 9.17) is 14.2 Å². The second-order valence-electron chi connectivity index (χ2n) is 4.97. The predicted octanol–water partition coefficient (Wildman–Crippen LogP) is 4.16. The quantitative estimate of drug-likeness (QED) is 0.607. The molecule has 21 heavy (non-hydrogen) atoms. The van der Waals surface area contributed by atoms with E-state index in [1.807, 2.05) is 33.8 Å². The molecule has 1 unspecified atom stereocenters. The highest BCUT2D eigenvalue weighted by Gasteiger charge is 2.38. The van der Waals surface area contributed by atoms with E-state index in [-0.39, 0.29) is 11.7 Å². The zero-order valence-electron chi connectivity index (χ0n) is 13.5. The lowest BCUT2D eigenvalue weighted by Gasteiger charge is -2.37. The minimum absolute atomic E-state index is 0.0422. The summed E-state index contributed by atoms with van der Waals surface area (Å²) in [6.07, 6.45) is 1.55. The topological polar surface area (TPSA) is 27.7 Å². The van der Waals surface area contributed by atoms with Crippen molar-refractivity contribution in [2.24, 2.45) is 5.92 Å². The van der Waals surface area contributed by atoms with E-state index in [1.165, 1.54) is 6.07 Å². The molecule has 3 nitrogen and oxygen atoms in total. The van der Waals surface area contributed by atoms with Gasteiger partial charge in [-0.2, -0.15) is 0 Å². The molecule has 1 aromatic carbocycles. The largest absolute Gasteiger partial charge is 0.328 e. The van der Waals surface area contributed by atoms with Crippen LogP contribution in [0.25, 0.3) is 0 Å². The lowest BCUT2D eigenvalue weighted by atomic mass is 9.98. The number of rotatable bonds is 10. The molecule has 1 rings (SSSR count). The maximum Gasteiger partial charge on any atom is 0.285 e. The van der Waals surface area contributed by atoms with Crippen LogP contribution in [-0.4, -0.2) is 25.8 Å². The lowest BCUT2D eigenvalue weighted by molar-refractivity contribution is -0.400. The fraction of sp³-hybridized carbons (Fsp3) is 0.647. The Hall–Kier alpha value is -0.970. The molecule has 1 atom stereocenters. The smallest absolute Gasteiger partial charge is 0.285 e. The summed E-state index contributed by atoms with van der Waals surface area (Å²) in [6.45, 7) is 9.36. The molecule has 0 aliphatic carbocycles. The van der Waals surface area contributed by atoms with E-state index >= 15 is 0 Å². The van der Waals surface area contributed by atoms with Gasteiger partial charge in [-0.1, -0.05) is 19.1 Å². The summed E-state index contributed by atoms with van der Waals surface area (Å²) >= 11 is 0. The van der Waals surface area contributed by atoms with E-state index in [0.717, 1.165) is 18.4 Å². The average molecular weight is 298 g/mol. The Kier molecular flexibility index (Phi) is 7.86. The van der Waals surface area contributed by atoms with Crippen molar-refractivity contribution in [3.63, 3.8) is 0 Å². The van der Waals surface area contributed by atoms with Crippen LogP contribution in [0, 0.1) is 11.7 Å². The lowest BCUT2D eigenvalue weighted by Crippen LogP contribution is -2.45. The van der Waals surface area contributed by atoms with Gasteiger partial charge in [-0.3, -0.25) is 0 Å². The van der Waals surface area contributed by atoms with Crippen LogP contribution in [0.4, 0.5) is 4.39 Å². The highest BCUT2D eigenvalue weighted by atomic mass is 19.1. The highest BCUT2D eigenvalue weighted by molar-refractivity contribution is 5.16. The SMILES string of the molecule is CCOC(OCC)(OCC)C(C)CCc1cccc(F)c1. The number of hydrogen-bond acceptors (Lipinski definition) is 3. The zero-order chi connectivity index (χ0) is 15.7. The first kappa shape index (κ1) is 18.1. The fourth-order valence-corrected chi connectivity index (χ4v) is 2.41. The Labute approximate surface area is 127 Å². The third kappa shape index (κ3) is 5.38. The van der Waals surface area contributed by atoms with E-state index in [2.05, 4.69) is 0 Å². The first-order chi connectivity index (χ1) is 10.1. The van der Waals surface area contributed by atoms with Gasteiger partial charge in [0.15, 0.2) is 0 Å². The van der Waals surface area contributed by atoms with Crippen LogP contribution in [0.3, 0.4) is 0 Å². The van der Waals surface area contributed by atoms with Gasteiger partial charge in [0, 0.05) is 25.7 Å². The van der Waals surface area contributed by atoms with Gasteiger partial charge in [-0.05, 0) is 51.3 Å². The van der Waals surface area contributed by atoms with Crippen molar-refractivity contribution in [1.82, 2.24) is 0 Å². The van der Waals surface area contributed by atoms with Crippen molar-refractivity contribution in [3.8, 4) is 0 Å². The third-order valence-corrected chi connectivity index (χ3v) is 3.40. The molecule has 0 radical (unpaired) electrons. The van der Waals surface area contributed by atoms with Crippen LogP contribution in [0.2, 0.25) is 0 Å². The van der Waals surface area contributed by atoms with Gasteiger partial charge in [0.05, 0.1) is 0 Å². The van der Waals surface area contributed by atoms with Gasteiger partial charge >= 0.3 is 0 Å². The van der Waals surface area contributed by atoms with Crippen molar-refractivity contribution in [3.05, 3.63) is 35.6 Å². The van der Waals surface area contributed by atoms with Crippen LogP contribution in [0.5, 0.6) is 0 Å². The van der Waals surface area contributed by atoms with Crippen LogP contribution < -0.4 is 0 Å². The molecule has 120 valence electrons. The monoisotopic (exact) mass is 298 g/mol. The van der Waals surface area contributed by atoms with Gasteiger partial charge < -0.3 is 14.2 Å². The average Bonchev–Trinajstić information content (AvgIpc) is 2.45. The molecular formula is C17H27FO3. The summed E-state index contributed by atoms with van der Waals surface area (Å²) in [5, 5.41) is 0. The number of halogens is 1. The third-order valence-electron chi connectivity index (χ3n) is 3.40. The Morgan fingerprint density at radius 2 is 1.62 bits per heavy atom. The van der Waals surface area contributed by atoms with Gasteiger partial charge in [-0.15, -0.1) is 0 Å². The van der Waals surface area contributed by atoms with Crippen molar-refractivity contribution >= 4 is 0 Å². The first-order valence-electron chi connectivity index (χ1n) is 7.74. The number of aryl methyl sites for hydroxylation is 1. The highest BCUT2D eigenvalue weighted by Crippen LogP contribution is 2.29. The fourth-order valence-electron chi connectivity index (χ4n) is 2.41. The van der Waals surface area contributed by atoms with E-state index in [0.29, 0.717) is 19.8 Å². The van der Waals surface area contributed by atoms with Gasteiger partial charge in [0.2, 0.25) is 0 Å². The van der Waals surface area contributed by atoms with Gasteiger partial charge in [0.1, 0.15) is 5.82 Å². The van der Waals surface area contributed by atoms with Crippen LogP contribution in [0.1, 0.15) is 39.7 Å². The summed E-state index contributed by atoms with van der Waals surface area (Å²) in [6, 6.07) is 6.68. The Morgan fingerprint density at radius 1 is 1.05 bits per heavy atom. The molecule has 0 aliphatic rings. The van der Waals surface area contributed by atoms with Crippen molar-refractivity contribution in [2.75, 3.05) is 19.8 Å². The molecule has 0 amide bonds. The molecule has 0 aromatic heterocycles. The number of benzene rings is 1. The predicted molar refractivity (Wildman–Crippen MR) is 81.5 cm³/mol. The van der Waals surface area contributed by atoms with Crippen LogP contribution in [-0.2, 0) is 20.6 Å². The molecule has 4 heteroatoms. The van der Waals surface area contributed by atoms with Crippen molar-refractivity contribution in [1.29, 1.82) is 0 Å². The van der Waals surface area contributed by atoms with E-state index in [9.17, 15) is 4.39 Å². The zero-order valence-corrected chi connectivity index (χ0v) is 13.5.